The van der Waals surface area contributed by atoms with Gasteiger partial charge in [0.2, 0.25) is 0 Å². The predicted octanol–water partition coefficient (Wildman–Crippen LogP) is 3.79. The van der Waals surface area contributed by atoms with Crippen LogP contribution in [0.25, 0.3) is 21.8 Å². The first kappa shape index (κ1) is 18.2. The molecule has 0 aliphatic rings. The lowest BCUT2D eigenvalue weighted by Gasteiger charge is -2.11. The Bertz CT molecular complexity index is 1150. The summed E-state index contributed by atoms with van der Waals surface area (Å²) >= 11 is 0. The number of hydrogen-bond donors (Lipinski definition) is 1. The quantitative estimate of drug-likeness (QED) is 0.559. The first-order chi connectivity index (χ1) is 13.7. The van der Waals surface area contributed by atoms with Crippen LogP contribution in [0, 0.1) is 0 Å². The molecule has 1 amide bonds. The summed E-state index contributed by atoms with van der Waals surface area (Å²) < 4.78 is 7.49. The van der Waals surface area contributed by atoms with Gasteiger partial charge in [-0.15, -0.1) is 0 Å². The number of para-hydroxylation sites is 2. The van der Waals surface area contributed by atoms with E-state index in [1.807, 2.05) is 48.5 Å². The van der Waals surface area contributed by atoms with Crippen LogP contribution >= 0.6 is 0 Å². The van der Waals surface area contributed by atoms with Crippen molar-refractivity contribution in [2.75, 3.05) is 20.8 Å². The average molecular weight is 373 g/mol. The molecule has 5 nitrogen and oxygen atoms in total. The lowest BCUT2D eigenvalue weighted by Crippen LogP contribution is -2.18. The molecular weight excluding hydrogens is 350 g/mol. The summed E-state index contributed by atoms with van der Waals surface area (Å²) in [6.07, 6.45) is 0.646. The van der Waals surface area contributed by atoms with Gasteiger partial charge in [-0.05, 0) is 34.5 Å². The topological polar surface area (TPSA) is 56.2 Å². The zero-order valence-electron chi connectivity index (χ0n) is 16.1. The summed E-state index contributed by atoms with van der Waals surface area (Å²) in [7, 11) is 3.37. The largest absolute Gasteiger partial charge is 0.383 e. The van der Waals surface area contributed by atoms with Crippen LogP contribution in [0.15, 0.2) is 60.7 Å². The monoisotopic (exact) mass is 373 g/mol. The van der Waals surface area contributed by atoms with E-state index in [0.717, 1.165) is 39.7 Å². The van der Waals surface area contributed by atoms with Crippen LogP contribution in [0.5, 0.6) is 0 Å². The maximum absolute atomic E-state index is 12.4. The minimum atomic E-state index is -0.0778. The molecule has 1 aromatic heterocycles. The molecule has 0 saturated heterocycles. The Balaban J connectivity index is 1.81. The highest BCUT2D eigenvalue weighted by Gasteiger charge is 2.14. The van der Waals surface area contributed by atoms with Crippen LogP contribution in [0.1, 0.15) is 21.7 Å². The Hall–Kier alpha value is -3.18. The minimum Gasteiger partial charge on any atom is -0.383 e. The molecule has 5 heteroatoms. The number of rotatable bonds is 6. The fraction of sp³-hybridized carbons (Fsp3) is 0.217. The van der Waals surface area contributed by atoms with Crippen molar-refractivity contribution in [2.45, 2.75) is 13.0 Å². The molecule has 0 aliphatic heterocycles. The number of carbonyl (C=O) groups excluding carboxylic acids is 1. The molecule has 4 aromatic rings. The number of aromatic nitrogens is 2. The van der Waals surface area contributed by atoms with E-state index in [1.165, 1.54) is 0 Å². The summed E-state index contributed by atoms with van der Waals surface area (Å²) in [6.45, 7) is 1.36. The fourth-order valence-corrected chi connectivity index (χ4v) is 3.67. The number of benzene rings is 3. The molecule has 0 fully saturated rings. The summed E-state index contributed by atoms with van der Waals surface area (Å²) in [5, 5.41) is 4.76. The number of amides is 1. The normalized spacial score (nSPS) is 11.2. The van der Waals surface area contributed by atoms with E-state index in [2.05, 4.69) is 22.0 Å². The molecule has 142 valence electrons. The molecule has 4 rings (SSSR count). The Morgan fingerprint density at radius 1 is 1.11 bits per heavy atom. The Morgan fingerprint density at radius 2 is 1.89 bits per heavy atom. The van der Waals surface area contributed by atoms with Gasteiger partial charge in [0.05, 0.1) is 17.6 Å². The number of ether oxygens (including phenoxy) is 1. The molecule has 1 N–H and O–H groups in total. The van der Waals surface area contributed by atoms with Crippen LogP contribution in [0.2, 0.25) is 0 Å². The van der Waals surface area contributed by atoms with Crippen LogP contribution in [-0.2, 0) is 17.7 Å². The second-order valence-corrected chi connectivity index (χ2v) is 6.78. The second kappa shape index (κ2) is 7.82. The van der Waals surface area contributed by atoms with E-state index in [0.29, 0.717) is 18.6 Å². The molecule has 1 heterocycles. The lowest BCUT2D eigenvalue weighted by molar-refractivity contribution is 0.0964. The summed E-state index contributed by atoms with van der Waals surface area (Å²) in [5.41, 5.74) is 3.82. The van der Waals surface area contributed by atoms with Gasteiger partial charge in [0.25, 0.3) is 5.91 Å². The van der Waals surface area contributed by atoms with Gasteiger partial charge in [-0.25, -0.2) is 4.98 Å². The molecular formula is C23H23N3O2. The van der Waals surface area contributed by atoms with Crippen molar-refractivity contribution in [3.63, 3.8) is 0 Å². The highest BCUT2D eigenvalue weighted by molar-refractivity contribution is 6.07. The van der Waals surface area contributed by atoms with E-state index >= 15 is 0 Å². The van der Waals surface area contributed by atoms with E-state index in [4.69, 9.17) is 9.72 Å². The lowest BCUT2D eigenvalue weighted by atomic mass is 9.98. The Kier molecular flexibility index (Phi) is 5.08. The van der Waals surface area contributed by atoms with Crippen LogP contribution in [0.4, 0.5) is 0 Å². The number of nitrogens with zero attached hydrogens (tertiary/aromatic N) is 2. The first-order valence-electron chi connectivity index (χ1n) is 9.38. The highest BCUT2D eigenvalue weighted by atomic mass is 16.5. The molecule has 0 aliphatic carbocycles. The van der Waals surface area contributed by atoms with Crippen molar-refractivity contribution in [1.29, 1.82) is 0 Å². The number of hydrogen-bond acceptors (Lipinski definition) is 3. The third kappa shape index (κ3) is 3.37. The van der Waals surface area contributed by atoms with Crippen molar-refractivity contribution in [3.05, 3.63) is 77.6 Å². The van der Waals surface area contributed by atoms with Crippen LogP contribution in [-0.4, -0.2) is 36.2 Å². The standard InChI is InChI=1S/C23H23N3O2/c1-24-23(27)19-14-16(13-17-7-3-4-8-18(17)19)15-22-25-20-9-5-6-10-21(20)26(22)11-12-28-2/h3-10,13-14H,11-12,15H2,1-2H3,(H,24,27). The third-order valence-electron chi connectivity index (χ3n) is 5.01. The van der Waals surface area contributed by atoms with Crippen molar-refractivity contribution < 1.29 is 9.53 Å². The zero-order chi connectivity index (χ0) is 19.5. The number of nitrogens with one attached hydrogen (secondary N) is 1. The molecule has 0 unspecified atom stereocenters. The second-order valence-electron chi connectivity index (χ2n) is 6.78. The number of carbonyl (C=O) groups is 1. The average Bonchev–Trinajstić information content (AvgIpc) is 3.07. The van der Waals surface area contributed by atoms with Crippen molar-refractivity contribution in [3.8, 4) is 0 Å². The summed E-state index contributed by atoms with van der Waals surface area (Å²) in [6, 6.07) is 20.2. The van der Waals surface area contributed by atoms with Gasteiger partial charge in [-0.1, -0.05) is 42.5 Å². The Labute approximate surface area is 164 Å². The molecule has 0 saturated carbocycles. The molecule has 28 heavy (non-hydrogen) atoms. The zero-order valence-corrected chi connectivity index (χ0v) is 16.1. The van der Waals surface area contributed by atoms with Gasteiger partial charge in [-0.2, -0.15) is 0 Å². The SMILES string of the molecule is CNC(=O)c1cc(Cc2nc3ccccc3n2CCOC)cc2ccccc12. The molecule has 0 atom stereocenters. The molecule has 3 aromatic carbocycles. The third-order valence-corrected chi connectivity index (χ3v) is 5.01. The van der Waals surface area contributed by atoms with E-state index < -0.39 is 0 Å². The molecule has 0 bridgehead atoms. The molecule has 0 spiro atoms. The minimum absolute atomic E-state index is 0.0778. The van der Waals surface area contributed by atoms with Crippen molar-refractivity contribution in [2.24, 2.45) is 0 Å². The first-order valence-corrected chi connectivity index (χ1v) is 9.38. The maximum Gasteiger partial charge on any atom is 0.251 e. The predicted molar refractivity (Wildman–Crippen MR) is 112 cm³/mol. The van der Waals surface area contributed by atoms with Gasteiger partial charge in [0, 0.05) is 32.7 Å². The van der Waals surface area contributed by atoms with Gasteiger partial charge >= 0.3 is 0 Å². The molecule has 0 radical (unpaired) electrons. The van der Waals surface area contributed by atoms with Gasteiger partial charge in [0.15, 0.2) is 0 Å². The smallest absolute Gasteiger partial charge is 0.251 e. The van der Waals surface area contributed by atoms with Gasteiger partial charge in [-0.3, -0.25) is 4.79 Å². The van der Waals surface area contributed by atoms with E-state index in [1.54, 1.807) is 14.2 Å². The van der Waals surface area contributed by atoms with Crippen molar-refractivity contribution >= 4 is 27.7 Å². The summed E-state index contributed by atoms with van der Waals surface area (Å²) in [4.78, 5) is 17.3. The van der Waals surface area contributed by atoms with E-state index in [9.17, 15) is 4.79 Å². The van der Waals surface area contributed by atoms with Gasteiger partial charge in [0.1, 0.15) is 5.82 Å². The van der Waals surface area contributed by atoms with Crippen molar-refractivity contribution in [1.82, 2.24) is 14.9 Å². The van der Waals surface area contributed by atoms with Crippen LogP contribution < -0.4 is 5.32 Å². The highest BCUT2D eigenvalue weighted by Crippen LogP contribution is 2.24. The van der Waals surface area contributed by atoms with E-state index in [-0.39, 0.29) is 5.91 Å². The summed E-state index contributed by atoms with van der Waals surface area (Å²) in [5.74, 6) is 0.891. The fourth-order valence-electron chi connectivity index (χ4n) is 3.67. The number of methoxy groups -OCH3 is 1. The van der Waals surface area contributed by atoms with Crippen LogP contribution in [0.3, 0.4) is 0 Å². The Morgan fingerprint density at radius 3 is 2.71 bits per heavy atom. The number of imidazole rings is 1. The van der Waals surface area contributed by atoms with Gasteiger partial charge < -0.3 is 14.6 Å². The number of fused-ring (bicyclic) bond motifs is 2. The maximum atomic E-state index is 12.4.